The molecular formula is C14H21F3N2. The quantitative estimate of drug-likeness (QED) is 0.821. The molecule has 0 aromatic heterocycles. The maximum atomic E-state index is 12.6. The molecule has 5 heteroatoms. The minimum atomic E-state index is -4.17. The van der Waals surface area contributed by atoms with Crippen molar-refractivity contribution in [2.75, 3.05) is 26.2 Å². The third-order valence-electron chi connectivity index (χ3n) is 3.00. The lowest BCUT2D eigenvalue weighted by molar-refractivity contribution is -0.150. The van der Waals surface area contributed by atoms with Gasteiger partial charge in [-0.15, -0.1) is 0 Å². The fourth-order valence-electron chi connectivity index (χ4n) is 2.09. The lowest BCUT2D eigenvalue weighted by Crippen LogP contribution is -2.41. The zero-order chi connectivity index (χ0) is 14.3. The van der Waals surface area contributed by atoms with Gasteiger partial charge in [-0.1, -0.05) is 44.2 Å². The largest absolute Gasteiger partial charge is 0.401 e. The number of nitrogens with zero attached hydrogens (tertiary/aromatic N) is 1. The predicted molar refractivity (Wildman–Crippen MR) is 71.0 cm³/mol. The number of hydrogen-bond donors (Lipinski definition) is 1. The molecule has 0 bridgehead atoms. The molecule has 0 aliphatic rings. The Labute approximate surface area is 112 Å². The van der Waals surface area contributed by atoms with Gasteiger partial charge in [0.25, 0.3) is 0 Å². The number of rotatable bonds is 7. The summed E-state index contributed by atoms with van der Waals surface area (Å²) in [6.45, 7) is 4.45. The van der Waals surface area contributed by atoms with E-state index in [-0.39, 0.29) is 6.04 Å². The maximum absolute atomic E-state index is 12.6. The molecule has 1 atom stereocenters. The third-order valence-corrected chi connectivity index (χ3v) is 3.00. The summed E-state index contributed by atoms with van der Waals surface area (Å²) in [5.74, 6) is 0. The summed E-state index contributed by atoms with van der Waals surface area (Å²) < 4.78 is 37.9. The van der Waals surface area contributed by atoms with Crippen molar-refractivity contribution in [2.24, 2.45) is 0 Å². The molecule has 19 heavy (non-hydrogen) atoms. The van der Waals surface area contributed by atoms with Crippen molar-refractivity contribution in [1.29, 1.82) is 0 Å². The van der Waals surface area contributed by atoms with Crippen LogP contribution in [0.1, 0.15) is 25.5 Å². The van der Waals surface area contributed by atoms with E-state index in [0.717, 1.165) is 12.1 Å². The van der Waals surface area contributed by atoms with Crippen molar-refractivity contribution in [2.45, 2.75) is 26.1 Å². The molecule has 0 aliphatic carbocycles. The number of benzene rings is 1. The van der Waals surface area contributed by atoms with Crippen LogP contribution in [0, 0.1) is 0 Å². The van der Waals surface area contributed by atoms with Crippen molar-refractivity contribution in [3.63, 3.8) is 0 Å². The van der Waals surface area contributed by atoms with Gasteiger partial charge in [0, 0.05) is 12.6 Å². The van der Waals surface area contributed by atoms with Gasteiger partial charge in [-0.25, -0.2) is 0 Å². The highest BCUT2D eigenvalue weighted by atomic mass is 19.4. The van der Waals surface area contributed by atoms with Crippen LogP contribution in [0.4, 0.5) is 13.2 Å². The summed E-state index contributed by atoms with van der Waals surface area (Å²) in [6, 6.07) is 9.08. The smallest absolute Gasteiger partial charge is 0.315 e. The van der Waals surface area contributed by atoms with Crippen molar-refractivity contribution >= 4 is 0 Å². The molecule has 0 radical (unpaired) electrons. The fourth-order valence-corrected chi connectivity index (χ4v) is 2.09. The van der Waals surface area contributed by atoms with E-state index >= 15 is 0 Å². The Kier molecular flexibility index (Phi) is 6.31. The van der Waals surface area contributed by atoms with Crippen LogP contribution in [-0.2, 0) is 0 Å². The van der Waals surface area contributed by atoms with Crippen molar-refractivity contribution in [1.82, 2.24) is 10.2 Å². The SMILES string of the molecule is CCNCC(c1ccccc1)N(CC)CC(F)(F)F. The van der Waals surface area contributed by atoms with E-state index in [1.807, 2.05) is 37.3 Å². The Morgan fingerprint density at radius 3 is 2.26 bits per heavy atom. The van der Waals surface area contributed by atoms with Gasteiger partial charge in [0.15, 0.2) is 0 Å². The lowest BCUT2D eigenvalue weighted by atomic mass is 10.0. The summed E-state index contributed by atoms with van der Waals surface area (Å²) in [6.07, 6.45) is -4.17. The first-order chi connectivity index (χ1) is 8.98. The summed E-state index contributed by atoms with van der Waals surface area (Å²) in [4.78, 5) is 1.46. The molecule has 1 aromatic carbocycles. The second-order valence-corrected chi connectivity index (χ2v) is 4.41. The summed E-state index contributed by atoms with van der Waals surface area (Å²) in [7, 11) is 0. The molecule has 0 amide bonds. The number of nitrogens with one attached hydrogen (secondary N) is 1. The number of halogens is 3. The highest BCUT2D eigenvalue weighted by Gasteiger charge is 2.33. The van der Waals surface area contributed by atoms with Gasteiger partial charge >= 0.3 is 6.18 Å². The standard InChI is InChI=1S/C14H21F3N2/c1-3-18-10-13(12-8-6-5-7-9-12)19(4-2)11-14(15,16)17/h5-9,13,18H,3-4,10-11H2,1-2H3. The molecule has 1 unspecified atom stereocenters. The van der Waals surface area contributed by atoms with Crippen LogP contribution in [0.5, 0.6) is 0 Å². The highest BCUT2D eigenvalue weighted by Crippen LogP contribution is 2.25. The van der Waals surface area contributed by atoms with E-state index < -0.39 is 12.7 Å². The van der Waals surface area contributed by atoms with E-state index in [1.165, 1.54) is 4.90 Å². The van der Waals surface area contributed by atoms with E-state index in [2.05, 4.69) is 5.32 Å². The predicted octanol–water partition coefficient (Wildman–Crippen LogP) is 3.22. The molecule has 1 aromatic rings. The van der Waals surface area contributed by atoms with Gasteiger partial charge in [0.05, 0.1) is 6.54 Å². The maximum Gasteiger partial charge on any atom is 0.401 e. The van der Waals surface area contributed by atoms with Crippen LogP contribution in [0.25, 0.3) is 0 Å². The van der Waals surface area contributed by atoms with Crippen LogP contribution in [0.2, 0.25) is 0 Å². The van der Waals surface area contributed by atoms with Crippen molar-refractivity contribution < 1.29 is 13.2 Å². The Morgan fingerprint density at radius 2 is 1.79 bits per heavy atom. The number of alkyl halides is 3. The van der Waals surface area contributed by atoms with Gasteiger partial charge in [-0.2, -0.15) is 13.2 Å². The Bertz CT molecular complexity index is 351. The van der Waals surface area contributed by atoms with E-state index in [0.29, 0.717) is 13.1 Å². The van der Waals surface area contributed by atoms with Crippen LogP contribution in [0.15, 0.2) is 30.3 Å². The Hall–Kier alpha value is -1.07. The molecule has 108 valence electrons. The zero-order valence-electron chi connectivity index (χ0n) is 11.4. The van der Waals surface area contributed by atoms with Crippen LogP contribution < -0.4 is 5.32 Å². The molecule has 1 N–H and O–H groups in total. The van der Waals surface area contributed by atoms with Gasteiger partial charge in [-0.05, 0) is 18.7 Å². The normalized spacial score (nSPS) is 13.8. The zero-order valence-corrected chi connectivity index (χ0v) is 11.4. The van der Waals surface area contributed by atoms with Crippen molar-refractivity contribution in [3.8, 4) is 0 Å². The van der Waals surface area contributed by atoms with Gasteiger partial charge in [-0.3, -0.25) is 4.90 Å². The molecule has 2 nitrogen and oxygen atoms in total. The lowest BCUT2D eigenvalue weighted by Gasteiger charge is -2.32. The monoisotopic (exact) mass is 274 g/mol. The van der Waals surface area contributed by atoms with Gasteiger partial charge < -0.3 is 5.32 Å². The van der Waals surface area contributed by atoms with Gasteiger partial charge in [0.2, 0.25) is 0 Å². The second-order valence-electron chi connectivity index (χ2n) is 4.41. The molecule has 0 fully saturated rings. The molecule has 0 saturated carbocycles. The number of hydrogen-bond acceptors (Lipinski definition) is 2. The third kappa shape index (κ3) is 5.61. The first kappa shape index (κ1) is 16.0. The summed E-state index contributed by atoms with van der Waals surface area (Å²) in [5.41, 5.74) is 0.912. The van der Waals surface area contributed by atoms with E-state index in [1.54, 1.807) is 6.92 Å². The number of likely N-dealkylation sites (N-methyl/N-ethyl adjacent to an activating group) is 2. The Morgan fingerprint density at radius 1 is 1.16 bits per heavy atom. The Balaban J connectivity index is 2.88. The second kappa shape index (κ2) is 7.50. The van der Waals surface area contributed by atoms with Crippen molar-refractivity contribution in [3.05, 3.63) is 35.9 Å². The topological polar surface area (TPSA) is 15.3 Å². The average Bonchev–Trinajstić information content (AvgIpc) is 2.37. The van der Waals surface area contributed by atoms with Gasteiger partial charge in [0.1, 0.15) is 0 Å². The molecular weight excluding hydrogens is 253 g/mol. The molecule has 0 spiro atoms. The minimum Gasteiger partial charge on any atom is -0.315 e. The minimum absolute atomic E-state index is 0.257. The molecule has 1 rings (SSSR count). The molecule has 0 aliphatic heterocycles. The van der Waals surface area contributed by atoms with Crippen LogP contribution >= 0.6 is 0 Å². The highest BCUT2D eigenvalue weighted by molar-refractivity contribution is 5.19. The molecule has 0 heterocycles. The molecule has 0 saturated heterocycles. The van der Waals surface area contributed by atoms with Crippen LogP contribution in [-0.4, -0.2) is 37.3 Å². The van der Waals surface area contributed by atoms with E-state index in [4.69, 9.17) is 0 Å². The van der Waals surface area contributed by atoms with E-state index in [9.17, 15) is 13.2 Å². The summed E-state index contributed by atoms with van der Waals surface area (Å²) in [5, 5.41) is 3.14. The van der Waals surface area contributed by atoms with Crippen LogP contribution in [0.3, 0.4) is 0 Å². The first-order valence-electron chi connectivity index (χ1n) is 6.54. The average molecular weight is 274 g/mol. The fraction of sp³-hybridized carbons (Fsp3) is 0.571. The first-order valence-corrected chi connectivity index (χ1v) is 6.54. The summed E-state index contributed by atoms with van der Waals surface area (Å²) >= 11 is 0.